The molecular formula is C31H39F2N5O4. The molecule has 0 saturated carbocycles. The smallest absolute Gasteiger partial charge is 0.253 e. The standard InChI is InChI=1S/C31H39F2N5O4/c1-4-8-38(9-5-2)31(42)23-11-20(3)10-22(15-23)30(41)37-27(14-21-12-24(32)16-25(33)13-21)28(39)6-7-35-29(40)17-26-18-34-19-36-26/h10-13,15-16,18-19,27-28,39H,4-9,14,17H2,1-3H3,(H,34,36)(H,35,40)(H,37,41)/t27-,28+/m0/s1. The second-order valence-corrected chi connectivity index (χ2v) is 10.4. The number of halogens is 2. The van der Waals surface area contributed by atoms with E-state index in [1.54, 1.807) is 24.0 Å². The average molecular weight is 584 g/mol. The van der Waals surface area contributed by atoms with Gasteiger partial charge in [-0.15, -0.1) is 0 Å². The highest BCUT2D eigenvalue weighted by Gasteiger charge is 2.24. The summed E-state index contributed by atoms with van der Waals surface area (Å²) in [6.45, 7) is 7.06. The summed E-state index contributed by atoms with van der Waals surface area (Å²) in [5.41, 5.74) is 2.20. The van der Waals surface area contributed by atoms with Gasteiger partial charge in [-0.1, -0.05) is 13.8 Å². The number of aliphatic hydroxyl groups is 1. The molecule has 2 aromatic carbocycles. The van der Waals surface area contributed by atoms with Crippen LogP contribution in [0.5, 0.6) is 0 Å². The minimum absolute atomic E-state index is 0.0674. The van der Waals surface area contributed by atoms with Crippen LogP contribution in [0.15, 0.2) is 48.9 Å². The molecule has 2 atom stereocenters. The molecule has 42 heavy (non-hydrogen) atoms. The average Bonchev–Trinajstić information content (AvgIpc) is 3.44. The predicted octanol–water partition coefficient (Wildman–Crippen LogP) is 3.71. The summed E-state index contributed by atoms with van der Waals surface area (Å²) in [6.07, 6.45) is 3.52. The number of aliphatic hydroxyl groups excluding tert-OH is 1. The number of amides is 3. The Morgan fingerprint density at radius 3 is 2.29 bits per heavy atom. The number of aryl methyl sites for hydroxylation is 1. The molecule has 0 fully saturated rings. The molecule has 0 aliphatic heterocycles. The van der Waals surface area contributed by atoms with Crippen LogP contribution in [0.4, 0.5) is 8.78 Å². The zero-order valence-electron chi connectivity index (χ0n) is 24.3. The van der Waals surface area contributed by atoms with Gasteiger partial charge in [0.05, 0.1) is 24.9 Å². The molecule has 0 spiro atoms. The maximum atomic E-state index is 13.9. The van der Waals surface area contributed by atoms with E-state index in [1.807, 2.05) is 13.8 Å². The first-order chi connectivity index (χ1) is 20.1. The molecule has 11 heteroatoms. The van der Waals surface area contributed by atoms with Gasteiger partial charge in [0.2, 0.25) is 5.91 Å². The van der Waals surface area contributed by atoms with Crippen molar-refractivity contribution in [1.29, 1.82) is 0 Å². The predicted molar refractivity (Wildman–Crippen MR) is 155 cm³/mol. The molecule has 0 aliphatic carbocycles. The van der Waals surface area contributed by atoms with Gasteiger partial charge in [-0.2, -0.15) is 0 Å². The molecule has 0 saturated heterocycles. The van der Waals surface area contributed by atoms with E-state index < -0.39 is 29.7 Å². The number of nitrogens with zero attached hydrogens (tertiary/aromatic N) is 2. The quantitative estimate of drug-likeness (QED) is 0.217. The van der Waals surface area contributed by atoms with Crippen molar-refractivity contribution >= 4 is 17.7 Å². The van der Waals surface area contributed by atoms with Crippen molar-refractivity contribution in [3.05, 3.63) is 88.5 Å². The van der Waals surface area contributed by atoms with E-state index in [0.717, 1.165) is 31.0 Å². The van der Waals surface area contributed by atoms with Crippen LogP contribution in [-0.2, 0) is 17.6 Å². The molecule has 4 N–H and O–H groups in total. The van der Waals surface area contributed by atoms with E-state index in [1.165, 1.54) is 18.6 Å². The van der Waals surface area contributed by atoms with Crippen LogP contribution in [0.2, 0.25) is 0 Å². The molecule has 3 rings (SSSR count). The number of nitrogens with one attached hydrogen (secondary N) is 3. The molecule has 1 aromatic heterocycles. The topological polar surface area (TPSA) is 127 Å². The first-order valence-corrected chi connectivity index (χ1v) is 14.2. The molecule has 0 radical (unpaired) electrons. The summed E-state index contributed by atoms with van der Waals surface area (Å²) in [5.74, 6) is -2.55. The normalized spacial score (nSPS) is 12.4. The second-order valence-electron chi connectivity index (χ2n) is 10.4. The van der Waals surface area contributed by atoms with E-state index in [0.29, 0.717) is 29.9 Å². The Morgan fingerprint density at radius 1 is 1.00 bits per heavy atom. The van der Waals surface area contributed by atoms with Crippen molar-refractivity contribution in [2.45, 2.75) is 65.0 Å². The summed E-state index contributed by atoms with van der Waals surface area (Å²) in [5, 5.41) is 16.5. The maximum absolute atomic E-state index is 13.9. The summed E-state index contributed by atoms with van der Waals surface area (Å²) in [6, 6.07) is 6.96. The summed E-state index contributed by atoms with van der Waals surface area (Å²) >= 11 is 0. The van der Waals surface area contributed by atoms with Crippen LogP contribution in [0.1, 0.15) is 70.6 Å². The van der Waals surface area contributed by atoms with E-state index in [2.05, 4.69) is 20.6 Å². The molecule has 0 bridgehead atoms. The first-order valence-electron chi connectivity index (χ1n) is 14.2. The molecule has 3 aromatic rings. The van der Waals surface area contributed by atoms with E-state index >= 15 is 0 Å². The highest BCUT2D eigenvalue weighted by Crippen LogP contribution is 2.16. The van der Waals surface area contributed by atoms with Gasteiger partial charge in [-0.3, -0.25) is 14.4 Å². The van der Waals surface area contributed by atoms with Gasteiger partial charge in [0.25, 0.3) is 11.8 Å². The van der Waals surface area contributed by atoms with Crippen LogP contribution in [0.25, 0.3) is 0 Å². The van der Waals surface area contributed by atoms with Gasteiger partial charge >= 0.3 is 0 Å². The van der Waals surface area contributed by atoms with Crippen LogP contribution >= 0.6 is 0 Å². The number of aromatic nitrogens is 2. The fourth-order valence-corrected chi connectivity index (χ4v) is 4.77. The van der Waals surface area contributed by atoms with Gasteiger partial charge in [0.1, 0.15) is 11.6 Å². The first kappa shape index (κ1) is 32.4. The zero-order chi connectivity index (χ0) is 30.6. The molecule has 0 unspecified atom stereocenters. The highest BCUT2D eigenvalue weighted by atomic mass is 19.1. The second kappa shape index (κ2) is 15.8. The van der Waals surface area contributed by atoms with Crippen molar-refractivity contribution in [1.82, 2.24) is 25.5 Å². The lowest BCUT2D eigenvalue weighted by Crippen LogP contribution is -2.46. The van der Waals surface area contributed by atoms with Crippen LogP contribution in [0, 0.1) is 18.6 Å². The summed E-state index contributed by atoms with van der Waals surface area (Å²) in [4.78, 5) is 47.3. The number of carbonyl (C=O) groups excluding carboxylic acids is 3. The van der Waals surface area contributed by atoms with Gasteiger partial charge < -0.3 is 25.6 Å². The number of imidazole rings is 1. The third-order valence-corrected chi connectivity index (χ3v) is 6.69. The third-order valence-electron chi connectivity index (χ3n) is 6.69. The largest absolute Gasteiger partial charge is 0.391 e. The van der Waals surface area contributed by atoms with Gasteiger partial charge in [0, 0.05) is 48.7 Å². The molecule has 9 nitrogen and oxygen atoms in total. The molecule has 0 aliphatic rings. The fourth-order valence-electron chi connectivity index (χ4n) is 4.77. The Hall–Kier alpha value is -4.12. The van der Waals surface area contributed by atoms with E-state index in [-0.39, 0.29) is 48.7 Å². The number of hydrogen-bond donors (Lipinski definition) is 4. The Balaban J connectivity index is 1.76. The van der Waals surface area contributed by atoms with E-state index in [9.17, 15) is 28.3 Å². The Bertz CT molecular complexity index is 1320. The van der Waals surface area contributed by atoms with Gasteiger partial charge in [-0.25, -0.2) is 13.8 Å². The van der Waals surface area contributed by atoms with Crippen molar-refractivity contribution in [2.75, 3.05) is 19.6 Å². The molecule has 1 heterocycles. The number of benzene rings is 2. The number of H-pyrrole nitrogens is 1. The van der Waals surface area contributed by atoms with E-state index in [4.69, 9.17) is 0 Å². The lowest BCUT2D eigenvalue weighted by Gasteiger charge is -2.25. The SMILES string of the molecule is CCCN(CCC)C(=O)c1cc(C)cc(C(=O)N[C@@H](Cc2cc(F)cc(F)c2)[C@H](O)CCNC(=O)Cc2cnc[nH]2)c1. The summed E-state index contributed by atoms with van der Waals surface area (Å²) in [7, 11) is 0. The van der Waals surface area contributed by atoms with Crippen LogP contribution < -0.4 is 10.6 Å². The Kier molecular flexibility index (Phi) is 12.2. The Labute approximate surface area is 244 Å². The molecule has 3 amide bonds. The van der Waals surface area contributed by atoms with Crippen molar-refractivity contribution in [3.63, 3.8) is 0 Å². The van der Waals surface area contributed by atoms with Crippen molar-refractivity contribution < 1.29 is 28.3 Å². The van der Waals surface area contributed by atoms with Crippen molar-refractivity contribution in [3.8, 4) is 0 Å². The lowest BCUT2D eigenvalue weighted by atomic mass is 9.97. The van der Waals surface area contributed by atoms with Crippen LogP contribution in [0.3, 0.4) is 0 Å². The minimum Gasteiger partial charge on any atom is -0.391 e. The van der Waals surface area contributed by atoms with Gasteiger partial charge in [-0.05, 0) is 74.1 Å². The monoisotopic (exact) mass is 583 g/mol. The number of hydrogen-bond acceptors (Lipinski definition) is 5. The van der Waals surface area contributed by atoms with Gasteiger partial charge in [0.15, 0.2) is 0 Å². The number of aromatic amines is 1. The summed E-state index contributed by atoms with van der Waals surface area (Å²) < 4.78 is 27.8. The lowest BCUT2D eigenvalue weighted by molar-refractivity contribution is -0.120. The highest BCUT2D eigenvalue weighted by molar-refractivity contribution is 6.00. The zero-order valence-corrected chi connectivity index (χ0v) is 24.3. The molecular weight excluding hydrogens is 544 g/mol. The minimum atomic E-state index is -1.16. The Morgan fingerprint density at radius 2 is 1.67 bits per heavy atom. The maximum Gasteiger partial charge on any atom is 0.253 e. The number of rotatable bonds is 15. The van der Waals surface area contributed by atoms with Crippen molar-refractivity contribution in [2.24, 2.45) is 0 Å². The fraction of sp³-hybridized carbons (Fsp3) is 0.419. The van der Waals surface area contributed by atoms with Crippen LogP contribution in [-0.4, -0.2) is 69.5 Å². The third kappa shape index (κ3) is 9.76. The number of carbonyl (C=O) groups is 3. The molecule has 226 valence electrons.